The van der Waals surface area contributed by atoms with Gasteiger partial charge in [-0.1, -0.05) is 6.08 Å². The molecular weight excluding hydrogens is 206 g/mol. The molecule has 0 aromatic carbocycles. The SMILES string of the molecule is C=CC(C)OC(C)(CS(=O)O)C(N)=O. The van der Waals surface area contributed by atoms with Gasteiger partial charge in [0.25, 0.3) is 0 Å². The highest BCUT2D eigenvalue weighted by molar-refractivity contribution is 7.79. The monoisotopic (exact) mass is 221 g/mol. The highest BCUT2D eigenvalue weighted by Crippen LogP contribution is 2.14. The standard InChI is InChI=1S/C8H15NO4S/c1-4-6(2)13-8(3,7(9)10)5-14(11)12/h4,6H,1,5H2,2-3H3,(H2,9,10)(H,11,12). The Hall–Kier alpha value is -0.720. The molecule has 3 N–H and O–H groups in total. The van der Waals surface area contributed by atoms with E-state index in [9.17, 15) is 9.00 Å². The minimum absolute atomic E-state index is 0.347. The largest absolute Gasteiger partial charge is 0.367 e. The van der Waals surface area contributed by atoms with Crippen LogP contribution in [0, 0.1) is 0 Å². The quantitative estimate of drug-likeness (QED) is 0.489. The average Bonchev–Trinajstić information content (AvgIpc) is 2.02. The zero-order valence-electron chi connectivity index (χ0n) is 8.23. The Morgan fingerprint density at radius 3 is 2.64 bits per heavy atom. The highest BCUT2D eigenvalue weighted by atomic mass is 32.2. The number of carbonyl (C=O) groups is 1. The van der Waals surface area contributed by atoms with Crippen LogP contribution >= 0.6 is 0 Å². The van der Waals surface area contributed by atoms with E-state index in [2.05, 4.69) is 6.58 Å². The molecule has 3 unspecified atom stereocenters. The molecule has 14 heavy (non-hydrogen) atoms. The van der Waals surface area contributed by atoms with Crippen LogP contribution in [-0.4, -0.2) is 32.1 Å². The lowest BCUT2D eigenvalue weighted by Gasteiger charge is -2.27. The molecule has 0 radical (unpaired) electrons. The number of rotatable bonds is 6. The number of hydrogen-bond donors (Lipinski definition) is 2. The van der Waals surface area contributed by atoms with Gasteiger partial charge in [-0.25, -0.2) is 4.21 Å². The van der Waals surface area contributed by atoms with Gasteiger partial charge in [-0.15, -0.1) is 6.58 Å². The van der Waals surface area contributed by atoms with Crippen LogP contribution in [0.5, 0.6) is 0 Å². The van der Waals surface area contributed by atoms with Crippen molar-refractivity contribution in [3.05, 3.63) is 12.7 Å². The van der Waals surface area contributed by atoms with E-state index < -0.39 is 28.7 Å². The summed E-state index contributed by atoms with van der Waals surface area (Å²) in [4.78, 5) is 11.0. The summed E-state index contributed by atoms with van der Waals surface area (Å²) in [6, 6.07) is 0. The van der Waals surface area contributed by atoms with Gasteiger partial charge in [0.1, 0.15) is 0 Å². The zero-order valence-corrected chi connectivity index (χ0v) is 9.04. The molecule has 0 saturated carbocycles. The van der Waals surface area contributed by atoms with E-state index in [1.54, 1.807) is 6.92 Å². The minimum atomic E-state index is -2.13. The van der Waals surface area contributed by atoms with Gasteiger partial charge in [-0.2, -0.15) is 0 Å². The molecule has 0 heterocycles. The Morgan fingerprint density at radius 2 is 2.36 bits per heavy atom. The van der Waals surface area contributed by atoms with Crippen molar-refractivity contribution in [2.45, 2.75) is 25.6 Å². The summed E-state index contributed by atoms with van der Waals surface area (Å²) in [6.45, 7) is 6.51. The maximum Gasteiger partial charge on any atom is 0.250 e. The summed E-state index contributed by atoms with van der Waals surface area (Å²) in [5, 5.41) is 0. The molecular formula is C8H15NO4S. The Bertz CT molecular complexity index is 256. The maximum absolute atomic E-state index is 11.0. The molecule has 6 heteroatoms. The topological polar surface area (TPSA) is 89.6 Å². The molecule has 0 spiro atoms. The number of ether oxygens (including phenoxy) is 1. The zero-order chi connectivity index (χ0) is 11.4. The van der Waals surface area contributed by atoms with Crippen LogP contribution in [0.25, 0.3) is 0 Å². The smallest absolute Gasteiger partial charge is 0.250 e. The summed E-state index contributed by atoms with van der Waals surface area (Å²) in [6.07, 6.45) is 1.07. The van der Waals surface area contributed by atoms with Crippen molar-refractivity contribution in [2.75, 3.05) is 5.75 Å². The summed E-state index contributed by atoms with van der Waals surface area (Å²) in [5.41, 5.74) is 3.64. The van der Waals surface area contributed by atoms with E-state index in [4.69, 9.17) is 15.0 Å². The van der Waals surface area contributed by atoms with Crippen LogP contribution in [0.3, 0.4) is 0 Å². The summed E-state index contributed by atoms with van der Waals surface area (Å²) < 4.78 is 24.5. The van der Waals surface area contributed by atoms with Crippen molar-refractivity contribution < 1.29 is 18.3 Å². The van der Waals surface area contributed by atoms with Gasteiger partial charge in [0.15, 0.2) is 16.7 Å². The highest BCUT2D eigenvalue weighted by Gasteiger charge is 2.35. The second-order valence-corrected chi connectivity index (χ2v) is 4.05. The molecule has 0 rings (SSSR count). The maximum atomic E-state index is 11.0. The molecule has 0 aliphatic heterocycles. The van der Waals surface area contributed by atoms with Gasteiger partial charge in [0.2, 0.25) is 5.91 Å². The average molecular weight is 221 g/mol. The first-order valence-corrected chi connectivity index (χ1v) is 5.27. The summed E-state index contributed by atoms with van der Waals surface area (Å²) >= 11 is -2.13. The molecule has 0 aliphatic carbocycles. The molecule has 0 aromatic heterocycles. The molecule has 0 saturated heterocycles. The fraction of sp³-hybridized carbons (Fsp3) is 0.625. The van der Waals surface area contributed by atoms with E-state index in [1.165, 1.54) is 13.0 Å². The lowest BCUT2D eigenvalue weighted by Crippen LogP contribution is -2.49. The van der Waals surface area contributed by atoms with Gasteiger partial charge in [-0.3, -0.25) is 4.79 Å². The number of amides is 1. The fourth-order valence-electron chi connectivity index (χ4n) is 0.857. The van der Waals surface area contributed by atoms with Crippen molar-refractivity contribution in [1.82, 2.24) is 0 Å². The Morgan fingerprint density at radius 1 is 1.86 bits per heavy atom. The van der Waals surface area contributed by atoms with Gasteiger partial charge in [-0.05, 0) is 13.8 Å². The Balaban J connectivity index is 4.63. The molecule has 3 atom stereocenters. The van der Waals surface area contributed by atoms with Crippen molar-refractivity contribution in [3.8, 4) is 0 Å². The summed E-state index contributed by atoms with van der Waals surface area (Å²) in [7, 11) is 0. The second kappa shape index (κ2) is 5.23. The van der Waals surface area contributed by atoms with E-state index >= 15 is 0 Å². The predicted molar refractivity (Wildman–Crippen MR) is 54.0 cm³/mol. The van der Waals surface area contributed by atoms with E-state index in [0.29, 0.717) is 0 Å². The van der Waals surface area contributed by atoms with Gasteiger partial charge in [0, 0.05) is 0 Å². The lowest BCUT2D eigenvalue weighted by molar-refractivity contribution is -0.141. The van der Waals surface area contributed by atoms with E-state index in [0.717, 1.165) is 0 Å². The number of carbonyl (C=O) groups excluding carboxylic acids is 1. The van der Waals surface area contributed by atoms with Gasteiger partial charge < -0.3 is 15.0 Å². The van der Waals surface area contributed by atoms with E-state index in [-0.39, 0.29) is 5.75 Å². The van der Waals surface area contributed by atoms with Gasteiger partial charge >= 0.3 is 0 Å². The molecule has 0 bridgehead atoms. The van der Waals surface area contributed by atoms with Crippen LogP contribution in [0.4, 0.5) is 0 Å². The third-order valence-corrected chi connectivity index (χ3v) is 2.50. The Labute approximate surface area is 85.6 Å². The first-order valence-electron chi connectivity index (χ1n) is 3.99. The third-order valence-electron chi connectivity index (χ3n) is 1.70. The third kappa shape index (κ3) is 3.99. The second-order valence-electron chi connectivity index (χ2n) is 3.12. The minimum Gasteiger partial charge on any atom is -0.367 e. The van der Waals surface area contributed by atoms with Crippen LogP contribution in [-0.2, 0) is 20.6 Å². The van der Waals surface area contributed by atoms with Crippen molar-refractivity contribution in [2.24, 2.45) is 5.73 Å². The van der Waals surface area contributed by atoms with Crippen LogP contribution < -0.4 is 5.73 Å². The molecule has 0 aromatic rings. The van der Waals surface area contributed by atoms with Crippen molar-refractivity contribution in [1.29, 1.82) is 0 Å². The molecule has 1 amide bonds. The molecule has 0 aliphatic rings. The first-order chi connectivity index (χ1) is 6.31. The van der Waals surface area contributed by atoms with Crippen molar-refractivity contribution >= 4 is 17.0 Å². The summed E-state index contributed by atoms with van der Waals surface area (Å²) in [5.74, 6) is -1.12. The normalized spacial score (nSPS) is 19.4. The number of hydrogen-bond acceptors (Lipinski definition) is 3. The first kappa shape index (κ1) is 13.3. The fourth-order valence-corrected chi connectivity index (χ4v) is 1.54. The number of nitrogens with two attached hydrogens (primary N) is 1. The van der Waals surface area contributed by atoms with Crippen LogP contribution in [0.2, 0.25) is 0 Å². The van der Waals surface area contributed by atoms with Gasteiger partial charge in [0.05, 0.1) is 11.9 Å². The molecule has 0 fully saturated rings. The molecule has 82 valence electrons. The van der Waals surface area contributed by atoms with Crippen LogP contribution in [0.15, 0.2) is 12.7 Å². The van der Waals surface area contributed by atoms with Crippen LogP contribution in [0.1, 0.15) is 13.8 Å². The predicted octanol–water partition coefficient (Wildman–Crippen LogP) is 0.0432. The van der Waals surface area contributed by atoms with E-state index in [1.807, 2.05) is 0 Å². The van der Waals surface area contributed by atoms with Crippen molar-refractivity contribution in [3.63, 3.8) is 0 Å². The number of primary amides is 1. The molecule has 5 nitrogen and oxygen atoms in total. The lowest BCUT2D eigenvalue weighted by atomic mass is 10.1. The Kier molecular flexibility index (Phi) is 4.96.